The van der Waals surface area contributed by atoms with Gasteiger partial charge >= 0.3 is 18.0 Å². The lowest BCUT2D eigenvalue weighted by Crippen LogP contribution is -2.35. The zero-order valence-electron chi connectivity index (χ0n) is 11.8. The van der Waals surface area contributed by atoms with Crippen molar-refractivity contribution in [2.75, 3.05) is 13.5 Å². The lowest BCUT2D eigenvalue weighted by Gasteiger charge is -2.19. The van der Waals surface area contributed by atoms with Gasteiger partial charge in [0.15, 0.2) is 13.5 Å². The first kappa shape index (κ1) is 17.6. The molecular formula is C13H18N2O5. The summed E-state index contributed by atoms with van der Waals surface area (Å²) in [6.07, 6.45) is 1.27. The summed E-state index contributed by atoms with van der Waals surface area (Å²) in [6.45, 7) is 10.5. The van der Waals surface area contributed by atoms with Crippen LogP contribution in [0.2, 0.25) is 0 Å². The summed E-state index contributed by atoms with van der Waals surface area (Å²) in [7, 11) is 0. The molecule has 0 fully saturated rings. The standard InChI is InChI=1S/C13H18N2O5/c1-6-14-13(18)15(7-19-11(16)9(2)3)8-20-12(17)10(4)5/h6H,2,4,7-8H2,1,3,5H3/b14-6+. The van der Waals surface area contributed by atoms with Gasteiger partial charge in [0, 0.05) is 17.4 Å². The number of rotatable bonds is 6. The second-order valence-corrected chi connectivity index (χ2v) is 3.89. The van der Waals surface area contributed by atoms with Crippen molar-refractivity contribution in [2.24, 2.45) is 4.99 Å². The van der Waals surface area contributed by atoms with E-state index in [4.69, 9.17) is 9.47 Å². The number of ether oxygens (including phenoxy) is 2. The van der Waals surface area contributed by atoms with E-state index in [1.165, 1.54) is 20.1 Å². The van der Waals surface area contributed by atoms with E-state index in [1.54, 1.807) is 6.92 Å². The first-order valence-electron chi connectivity index (χ1n) is 5.72. The Balaban J connectivity index is 4.61. The summed E-state index contributed by atoms with van der Waals surface area (Å²) in [5.41, 5.74) is 0.380. The van der Waals surface area contributed by atoms with E-state index in [9.17, 15) is 14.4 Å². The molecule has 0 aliphatic heterocycles. The monoisotopic (exact) mass is 282 g/mol. The third-order valence-electron chi connectivity index (χ3n) is 1.91. The average molecular weight is 282 g/mol. The Bertz CT molecular complexity index is 424. The molecule has 7 heteroatoms. The number of carbonyl (C=O) groups is 3. The van der Waals surface area contributed by atoms with Gasteiger partial charge in [-0.25, -0.2) is 19.4 Å². The van der Waals surface area contributed by atoms with Gasteiger partial charge in [-0.2, -0.15) is 0 Å². The van der Waals surface area contributed by atoms with Gasteiger partial charge in [-0.05, 0) is 20.8 Å². The predicted molar refractivity (Wildman–Crippen MR) is 72.9 cm³/mol. The second-order valence-electron chi connectivity index (χ2n) is 3.89. The van der Waals surface area contributed by atoms with Gasteiger partial charge in [0.25, 0.3) is 0 Å². The van der Waals surface area contributed by atoms with Crippen molar-refractivity contribution in [3.05, 3.63) is 24.3 Å². The molecule has 0 aromatic carbocycles. The molecule has 0 radical (unpaired) electrons. The quantitative estimate of drug-likeness (QED) is 0.320. The SMILES string of the molecule is C=C(C)C(=O)OCN(COC(=O)C(=C)C)C(=O)/N=C/C. The fourth-order valence-corrected chi connectivity index (χ4v) is 0.859. The van der Waals surface area contributed by atoms with Gasteiger partial charge in [-0.15, -0.1) is 0 Å². The van der Waals surface area contributed by atoms with Crippen LogP contribution in [0.5, 0.6) is 0 Å². The maximum Gasteiger partial charge on any atom is 0.348 e. The molecular weight excluding hydrogens is 264 g/mol. The number of aliphatic imine (C=N–C) groups is 1. The number of hydrogen-bond donors (Lipinski definition) is 0. The number of urea groups is 1. The van der Waals surface area contributed by atoms with E-state index in [-0.39, 0.29) is 11.1 Å². The molecule has 20 heavy (non-hydrogen) atoms. The zero-order chi connectivity index (χ0) is 15.7. The Hall–Kier alpha value is -2.44. The summed E-state index contributed by atoms with van der Waals surface area (Å²) in [6, 6.07) is -0.698. The van der Waals surface area contributed by atoms with Gasteiger partial charge in [0.05, 0.1) is 0 Å². The van der Waals surface area contributed by atoms with Crippen molar-refractivity contribution >= 4 is 24.2 Å². The van der Waals surface area contributed by atoms with E-state index in [1.807, 2.05) is 0 Å². The molecule has 110 valence electrons. The Kier molecular flexibility index (Phi) is 7.57. The molecule has 0 unspecified atom stereocenters. The van der Waals surface area contributed by atoms with E-state index in [0.29, 0.717) is 0 Å². The molecule has 0 N–H and O–H groups in total. The van der Waals surface area contributed by atoms with E-state index in [0.717, 1.165) is 4.90 Å². The Morgan fingerprint density at radius 2 is 1.45 bits per heavy atom. The van der Waals surface area contributed by atoms with Crippen LogP contribution in [0.4, 0.5) is 4.79 Å². The largest absolute Gasteiger partial charge is 0.441 e. The fourth-order valence-electron chi connectivity index (χ4n) is 0.859. The third kappa shape index (κ3) is 6.48. The fraction of sp³-hybridized carbons (Fsp3) is 0.385. The normalized spacial score (nSPS) is 9.95. The maximum absolute atomic E-state index is 11.6. The van der Waals surface area contributed by atoms with E-state index < -0.39 is 31.4 Å². The molecule has 2 amide bonds. The van der Waals surface area contributed by atoms with Gasteiger partial charge in [0.1, 0.15) is 0 Å². The molecule has 0 spiro atoms. The van der Waals surface area contributed by atoms with Crippen LogP contribution in [0.15, 0.2) is 29.3 Å². The van der Waals surface area contributed by atoms with Crippen molar-refractivity contribution in [3.8, 4) is 0 Å². The van der Waals surface area contributed by atoms with Gasteiger partial charge in [0.2, 0.25) is 0 Å². The van der Waals surface area contributed by atoms with Crippen molar-refractivity contribution in [1.82, 2.24) is 4.90 Å². The highest BCUT2D eigenvalue weighted by Gasteiger charge is 2.17. The molecule has 0 heterocycles. The van der Waals surface area contributed by atoms with Crippen LogP contribution in [-0.4, -0.2) is 42.5 Å². The number of nitrogens with zero attached hydrogens (tertiary/aromatic N) is 2. The number of esters is 2. The highest BCUT2D eigenvalue weighted by molar-refractivity contribution is 5.88. The molecule has 0 saturated heterocycles. The number of hydrogen-bond acceptors (Lipinski definition) is 5. The van der Waals surface area contributed by atoms with E-state index in [2.05, 4.69) is 18.2 Å². The molecule has 7 nitrogen and oxygen atoms in total. The van der Waals surface area contributed by atoms with Crippen molar-refractivity contribution in [1.29, 1.82) is 0 Å². The summed E-state index contributed by atoms with van der Waals surface area (Å²) < 4.78 is 9.61. The van der Waals surface area contributed by atoms with E-state index >= 15 is 0 Å². The van der Waals surface area contributed by atoms with Crippen LogP contribution in [0.25, 0.3) is 0 Å². The van der Waals surface area contributed by atoms with Gasteiger partial charge < -0.3 is 9.47 Å². The minimum atomic E-state index is -0.698. The molecule has 0 aromatic rings. The van der Waals surface area contributed by atoms with Crippen molar-refractivity contribution < 1.29 is 23.9 Å². The van der Waals surface area contributed by atoms with Gasteiger partial charge in [-0.1, -0.05) is 13.2 Å². The highest BCUT2D eigenvalue weighted by Crippen LogP contribution is 2.01. The summed E-state index contributed by atoms with van der Waals surface area (Å²) in [5, 5.41) is 0. The Morgan fingerprint density at radius 3 is 1.75 bits per heavy atom. The van der Waals surface area contributed by atoms with Crippen LogP contribution in [0.1, 0.15) is 20.8 Å². The predicted octanol–water partition coefficient (Wildman–Crippen LogP) is 1.65. The molecule has 0 aliphatic rings. The Morgan fingerprint density at radius 1 is 1.05 bits per heavy atom. The lowest BCUT2D eigenvalue weighted by molar-refractivity contribution is -0.149. The first-order valence-corrected chi connectivity index (χ1v) is 5.72. The van der Waals surface area contributed by atoms with Crippen molar-refractivity contribution in [2.45, 2.75) is 20.8 Å². The summed E-state index contributed by atoms with van der Waals surface area (Å²) in [4.78, 5) is 38.6. The molecule has 0 aromatic heterocycles. The highest BCUT2D eigenvalue weighted by atomic mass is 16.6. The topological polar surface area (TPSA) is 85.3 Å². The van der Waals surface area contributed by atoms with Crippen molar-refractivity contribution in [3.63, 3.8) is 0 Å². The molecule has 0 atom stereocenters. The number of carbonyl (C=O) groups excluding carboxylic acids is 3. The molecule has 0 bridgehead atoms. The smallest absolute Gasteiger partial charge is 0.348 e. The summed E-state index contributed by atoms with van der Waals surface area (Å²) in [5.74, 6) is -1.32. The number of amides is 2. The van der Waals surface area contributed by atoms with Crippen LogP contribution in [0, 0.1) is 0 Å². The van der Waals surface area contributed by atoms with Crippen LogP contribution in [-0.2, 0) is 19.1 Å². The minimum absolute atomic E-state index is 0.190. The summed E-state index contributed by atoms with van der Waals surface area (Å²) >= 11 is 0. The van der Waals surface area contributed by atoms with Crippen LogP contribution >= 0.6 is 0 Å². The lowest BCUT2D eigenvalue weighted by atomic mass is 10.4. The van der Waals surface area contributed by atoms with Gasteiger partial charge in [-0.3, -0.25) is 4.90 Å². The third-order valence-corrected chi connectivity index (χ3v) is 1.91. The van der Waals surface area contributed by atoms with Crippen LogP contribution in [0.3, 0.4) is 0 Å². The molecule has 0 aliphatic carbocycles. The average Bonchev–Trinajstić information content (AvgIpc) is 2.37. The first-order chi connectivity index (χ1) is 9.29. The molecule has 0 rings (SSSR count). The zero-order valence-corrected chi connectivity index (χ0v) is 11.8. The molecule has 0 saturated carbocycles. The maximum atomic E-state index is 11.6. The minimum Gasteiger partial charge on any atom is -0.441 e. The second kappa shape index (κ2) is 8.63. The Labute approximate surface area is 117 Å². The van der Waals surface area contributed by atoms with Crippen LogP contribution < -0.4 is 0 Å².